The van der Waals surface area contributed by atoms with Gasteiger partial charge in [0.05, 0.1) is 5.75 Å². The van der Waals surface area contributed by atoms with E-state index in [0.717, 1.165) is 0 Å². The number of rotatable bonds is 4. The Morgan fingerprint density at radius 3 is 2.67 bits per heavy atom. The molecule has 3 rings (SSSR count). The molecule has 0 atom stereocenters. The highest BCUT2D eigenvalue weighted by Gasteiger charge is 2.10. The molecule has 0 bridgehead atoms. The first-order chi connectivity index (χ1) is 10.2. The van der Waals surface area contributed by atoms with E-state index in [1.165, 1.54) is 30.1 Å². The number of nitrogens with zero attached hydrogens (tertiary/aromatic N) is 4. The van der Waals surface area contributed by atoms with Crippen LogP contribution >= 0.6 is 11.8 Å². The Hall–Kier alpha value is -2.48. The van der Waals surface area contributed by atoms with Crippen LogP contribution in [0.3, 0.4) is 0 Å². The van der Waals surface area contributed by atoms with E-state index in [-0.39, 0.29) is 5.82 Å². The van der Waals surface area contributed by atoms with Gasteiger partial charge in [-0.05, 0) is 24.3 Å². The molecule has 0 radical (unpaired) electrons. The number of hydrogen-bond acceptors (Lipinski definition) is 7. The number of nitrogens with two attached hydrogens (primary N) is 1. The summed E-state index contributed by atoms with van der Waals surface area (Å²) in [6.07, 6.45) is 3.10. The topological polar surface area (TPSA) is 90.7 Å². The zero-order valence-electron chi connectivity index (χ0n) is 10.7. The molecule has 2 heterocycles. The summed E-state index contributed by atoms with van der Waals surface area (Å²) in [7, 11) is 0. The van der Waals surface area contributed by atoms with Gasteiger partial charge in [0.1, 0.15) is 10.8 Å². The molecule has 21 heavy (non-hydrogen) atoms. The average molecular weight is 303 g/mol. The maximum Gasteiger partial charge on any atom is 0.257 e. The second-order valence-electron chi connectivity index (χ2n) is 4.06. The van der Waals surface area contributed by atoms with Crippen LogP contribution in [0.4, 0.5) is 10.2 Å². The van der Waals surface area contributed by atoms with Gasteiger partial charge in [0, 0.05) is 18.0 Å². The number of aromatic nitrogens is 4. The van der Waals surface area contributed by atoms with Crippen LogP contribution in [-0.4, -0.2) is 20.1 Å². The molecule has 2 aromatic heterocycles. The SMILES string of the molecule is Nc1nccnc1SCc1noc(-c2ccc(F)cc2)n1. The molecule has 106 valence electrons. The molecule has 0 saturated heterocycles. The minimum absolute atomic E-state index is 0.313. The quantitative estimate of drug-likeness (QED) is 0.740. The van der Waals surface area contributed by atoms with Crippen molar-refractivity contribution >= 4 is 17.6 Å². The number of nitrogen functional groups attached to an aromatic ring is 1. The van der Waals surface area contributed by atoms with Gasteiger partial charge in [0.15, 0.2) is 11.6 Å². The van der Waals surface area contributed by atoms with Crippen molar-refractivity contribution in [3.63, 3.8) is 0 Å². The zero-order valence-corrected chi connectivity index (χ0v) is 11.5. The van der Waals surface area contributed by atoms with Crippen molar-refractivity contribution < 1.29 is 8.91 Å². The predicted molar refractivity (Wildman–Crippen MR) is 75.7 cm³/mol. The van der Waals surface area contributed by atoms with Crippen molar-refractivity contribution in [1.82, 2.24) is 20.1 Å². The monoisotopic (exact) mass is 303 g/mol. The van der Waals surface area contributed by atoms with Gasteiger partial charge >= 0.3 is 0 Å². The van der Waals surface area contributed by atoms with E-state index >= 15 is 0 Å². The highest BCUT2D eigenvalue weighted by molar-refractivity contribution is 7.98. The molecular formula is C13H10FN5OS. The molecule has 6 nitrogen and oxygen atoms in total. The van der Waals surface area contributed by atoms with E-state index in [0.29, 0.717) is 33.9 Å². The normalized spacial score (nSPS) is 10.7. The highest BCUT2D eigenvalue weighted by Crippen LogP contribution is 2.24. The van der Waals surface area contributed by atoms with Gasteiger partial charge in [-0.2, -0.15) is 4.98 Å². The minimum Gasteiger partial charge on any atom is -0.381 e. The Morgan fingerprint density at radius 2 is 1.90 bits per heavy atom. The van der Waals surface area contributed by atoms with E-state index < -0.39 is 0 Å². The first-order valence-corrected chi connectivity index (χ1v) is 6.99. The maximum atomic E-state index is 12.9. The fraction of sp³-hybridized carbons (Fsp3) is 0.0769. The lowest BCUT2D eigenvalue weighted by Gasteiger charge is -1.99. The fourth-order valence-corrected chi connectivity index (χ4v) is 2.32. The number of hydrogen-bond donors (Lipinski definition) is 1. The smallest absolute Gasteiger partial charge is 0.257 e. The molecule has 0 aliphatic rings. The number of thioether (sulfide) groups is 1. The summed E-state index contributed by atoms with van der Waals surface area (Å²) in [6.45, 7) is 0. The summed E-state index contributed by atoms with van der Waals surface area (Å²) in [5.41, 5.74) is 6.37. The summed E-state index contributed by atoms with van der Waals surface area (Å²) in [6, 6.07) is 5.85. The summed E-state index contributed by atoms with van der Waals surface area (Å²) in [5, 5.41) is 4.49. The summed E-state index contributed by atoms with van der Waals surface area (Å²) < 4.78 is 18.0. The van der Waals surface area contributed by atoms with Crippen molar-refractivity contribution in [3.05, 3.63) is 48.3 Å². The van der Waals surface area contributed by atoms with Gasteiger partial charge in [0.2, 0.25) is 0 Å². The summed E-state index contributed by atoms with van der Waals surface area (Å²) in [4.78, 5) is 12.3. The van der Waals surface area contributed by atoms with Crippen LogP contribution in [0.5, 0.6) is 0 Å². The Kier molecular flexibility index (Phi) is 3.78. The van der Waals surface area contributed by atoms with Crippen LogP contribution in [-0.2, 0) is 5.75 Å². The molecule has 3 aromatic rings. The summed E-state index contributed by atoms with van der Waals surface area (Å²) in [5.74, 6) is 1.35. The van der Waals surface area contributed by atoms with E-state index in [2.05, 4.69) is 20.1 Å². The van der Waals surface area contributed by atoms with Crippen molar-refractivity contribution in [2.45, 2.75) is 10.8 Å². The van der Waals surface area contributed by atoms with Crippen molar-refractivity contribution in [2.24, 2.45) is 0 Å². The maximum absolute atomic E-state index is 12.9. The van der Waals surface area contributed by atoms with Crippen LogP contribution in [0.2, 0.25) is 0 Å². The number of halogens is 1. The molecule has 0 aliphatic carbocycles. The largest absolute Gasteiger partial charge is 0.381 e. The third kappa shape index (κ3) is 3.16. The highest BCUT2D eigenvalue weighted by atomic mass is 32.2. The molecule has 0 unspecified atom stereocenters. The Balaban J connectivity index is 1.71. The fourth-order valence-electron chi connectivity index (χ4n) is 1.60. The standard InChI is InChI=1S/C13H10FN5OS/c14-9-3-1-8(2-4-9)12-18-10(19-20-12)7-21-13-11(15)16-5-6-17-13/h1-6H,7H2,(H2,15,16). The molecule has 2 N–H and O–H groups in total. The van der Waals surface area contributed by atoms with Crippen molar-refractivity contribution in [2.75, 3.05) is 5.73 Å². The zero-order chi connectivity index (χ0) is 14.7. The third-order valence-corrected chi connectivity index (χ3v) is 3.58. The number of anilines is 1. The molecular weight excluding hydrogens is 293 g/mol. The Bertz CT molecular complexity index is 746. The lowest BCUT2D eigenvalue weighted by Crippen LogP contribution is -1.95. The van der Waals surface area contributed by atoms with E-state index in [9.17, 15) is 4.39 Å². The van der Waals surface area contributed by atoms with Crippen LogP contribution < -0.4 is 5.73 Å². The molecule has 0 spiro atoms. The Morgan fingerprint density at radius 1 is 1.14 bits per heavy atom. The minimum atomic E-state index is -0.313. The van der Waals surface area contributed by atoms with E-state index in [1.54, 1.807) is 18.3 Å². The lowest BCUT2D eigenvalue weighted by atomic mass is 10.2. The molecule has 0 amide bonds. The average Bonchev–Trinajstić information content (AvgIpc) is 2.96. The van der Waals surface area contributed by atoms with Gasteiger partial charge in [-0.15, -0.1) is 0 Å². The first-order valence-electron chi connectivity index (χ1n) is 6.00. The van der Waals surface area contributed by atoms with Gasteiger partial charge < -0.3 is 10.3 Å². The second kappa shape index (κ2) is 5.88. The van der Waals surface area contributed by atoms with E-state index in [1.807, 2.05) is 0 Å². The van der Waals surface area contributed by atoms with Crippen molar-refractivity contribution in [1.29, 1.82) is 0 Å². The van der Waals surface area contributed by atoms with Gasteiger partial charge in [-0.3, -0.25) is 0 Å². The summed E-state index contributed by atoms with van der Waals surface area (Å²) >= 11 is 1.37. The lowest BCUT2D eigenvalue weighted by molar-refractivity contribution is 0.425. The molecule has 0 saturated carbocycles. The van der Waals surface area contributed by atoms with Gasteiger partial charge in [-0.1, -0.05) is 16.9 Å². The van der Waals surface area contributed by atoms with E-state index in [4.69, 9.17) is 10.3 Å². The molecule has 0 aliphatic heterocycles. The molecule has 1 aromatic carbocycles. The van der Waals surface area contributed by atoms with Crippen LogP contribution in [0.1, 0.15) is 5.82 Å². The first kappa shape index (κ1) is 13.5. The van der Waals surface area contributed by atoms with Crippen LogP contribution in [0.25, 0.3) is 11.5 Å². The van der Waals surface area contributed by atoms with Crippen LogP contribution in [0, 0.1) is 5.82 Å². The van der Waals surface area contributed by atoms with Gasteiger partial charge in [-0.25, -0.2) is 14.4 Å². The van der Waals surface area contributed by atoms with Gasteiger partial charge in [0.25, 0.3) is 5.89 Å². The predicted octanol–water partition coefficient (Wildman–Crippen LogP) is 2.54. The Labute approximate surface area is 123 Å². The van der Waals surface area contributed by atoms with Crippen LogP contribution in [0.15, 0.2) is 46.2 Å². The molecule has 8 heteroatoms. The second-order valence-corrected chi connectivity index (χ2v) is 5.02. The third-order valence-electron chi connectivity index (χ3n) is 2.59. The number of benzene rings is 1. The molecule has 0 fully saturated rings. The van der Waals surface area contributed by atoms with Crippen molar-refractivity contribution in [3.8, 4) is 11.5 Å².